The highest BCUT2D eigenvalue weighted by molar-refractivity contribution is 7.86. The second-order valence-corrected chi connectivity index (χ2v) is 7.61. The molecule has 0 aromatic heterocycles. The van der Waals surface area contributed by atoms with Gasteiger partial charge >= 0.3 is 0 Å². The van der Waals surface area contributed by atoms with Crippen molar-refractivity contribution >= 4 is 16.0 Å². The molecule has 2 rings (SSSR count). The van der Waals surface area contributed by atoms with E-state index in [0.717, 1.165) is 32.1 Å². The van der Waals surface area contributed by atoms with E-state index in [9.17, 15) is 13.2 Å². The molecule has 1 saturated carbocycles. The molecule has 0 amide bonds. The number of carbonyl (C=O) groups is 1. The first-order valence-electron chi connectivity index (χ1n) is 7.82. The van der Waals surface area contributed by atoms with E-state index in [1.807, 2.05) is 13.8 Å². The predicted molar refractivity (Wildman–Crippen MR) is 78.5 cm³/mol. The lowest BCUT2D eigenvalue weighted by Gasteiger charge is -2.34. The molecule has 2 aliphatic rings. The topological polar surface area (TPSA) is 57.7 Å². The summed E-state index contributed by atoms with van der Waals surface area (Å²) in [5.74, 6) is 0.194. The minimum absolute atomic E-state index is 0.0726. The van der Waals surface area contributed by atoms with E-state index in [0.29, 0.717) is 26.1 Å². The Hall–Kier alpha value is -0.460. The van der Waals surface area contributed by atoms with E-state index in [1.54, 1.807) is 4.31 Å². The number of hydrogen-bond donors (Lipinski definition) is 0. The first-order valence-corrected chi connectivity index (χ1v) is 9.21. The summed E-state index contributed by atoms with van der Waals surface area (Å²) < 4.78 is 28.5. The van der Waals surface area contributed by atoms with Crippen LogP contribution in [0.15, 0.2) is 0 Å². The summed E-state index contributed by atoms with van der Waals surface area (Å²) in [5.41, 5.74) is 0. The molecule has 0 unspecified atom stereocenters. The SMILES string of the molecule is CCN(CC)S(=O)(=O)N1CCC[C@H]1[C@H]1CCCCC1=O. The van der Waals surface area contributed by atoms with Crippen LogP contribution in [-0.4, -0.2) is 48.5 Å². The van der Waals surface area contributed by atoms with Gasteiger partial charge in [0.25, 0.3) is 10.2 Å². The van der Waals surface area contributed by atoms with Crippen molar-refractivity contribution in [2.75, 3.05) is 19.6 Å². The second kappa shape index (κ2) is 6.54. The maximum atomic E-state index is 12.7. The quantitative estimate of drug-likeness (QED) is 0.778. The smallest absolute Gasteiger partial charge is 0.282 e. The number of carbonyl (C=O) groups excluding carboxylic acids is 1. The molecule has 20 heavy (non-hydrogen) atoms. The lowest BCUT2D eigenvalue weighted by molar-refractivity contribution is -0.126. The Morgan fingerprint density at radius 3 is 2.45 bits per heavy atom. The van der Waals surface area contributed by atoms with Gasteiger partial charge in [-0.15, -0.1) is 0 Å². The van der Waals surface area contributed by atoms with Crippen LogP contribution in [0.25, 0.3) is 0 Å². The minimum atomic E-state index is -3.41. The van der Waals surface area contributed by atoms with Crippen LogP contribution >= 0.6 is 0 Å². The summed E-state index contributed by atoms with van der Waals surface area (Å²) in [6.45, 7) is 5.25. The molecule has 1 heterocycles. The molecule has 116 valence electrons. The zero-order valence-electron chi connectivity index (χ0n) is 12.5. The number of Topliss-reactive ketones (excluding diaryl/α,β-unsaturated/α-hetero) is 1. The molecule has 0 aromatic carbocycles. The summed E-state index contributed by atoms with van der Waals surface area (Å²) in [5, 5.41) is 0. The van der Waals surface area contributed by atoms with Crippen LogP contribution in [0.5, 0.6) is 0 Å². The highest BCUT2D eigenvalue weighted by atomic mass is 32.2. The van der Waals surface area contributed by atoms with Gasteiger partial charge in [0.15, 0.2) is 0 Å². The molecule has 1 aliphatic heterocycles. The molecule has 2 atom stereocenters. The number of nitrogens with zero attached hydrogens (tertiary/aromatic N) is 2. The van der Waals surface area contributed by atoms with Crippen molar-refractivity contribution in [1.82, 2.24) is 8.61 Å². The van der Waals surface area contributed by atoms with Gasteiger partial charge in [-0.3, -0.25) is 4.79 Å². The van der Waals surface area contributed by atoms with Crippen molar-refractivity contribution in [3.63, 3.8) is 0 Å². The van der Waals surface area contributed by atoms with Crippen LogP contribution in [0.3, 0.4) is 0 Å². The standard InChI is InChI=1S/C14H26N2O3S/c1-3-15(4-2)20(18,19)16-11-7-9-13(16)12-8-5-6-10-14(12)17/h12-13H,3-11H2,1-2H3/t12-,13+/m1/s1. The van der Waals surface area contributed by atoms with Crippen LogP contribution in [0.1, 0.15) is 52.4 Å². The van der Waals surface area contributed by atoms with Gasteiger partial charge in [0.05, 0.1) is 0 Å². The first-order chi connectivity index (χ1) is 9.52. The third-order valence-corrected chi connectivity index (χ3v) is 6.86. The van der Waals surface area contributed by atoms with Gasteiger partial charge in [-0.1, -0.05) is 20.3 Å². The summed E-state index contributed by atoms with van der Waals surface area (Å²) in [7, 11) is -3.41. The van der Waals surface area contributed by atoms with E-state index < -0.39 is 10.2 Å². The van der Waals surface area contributed by atoms with Gasteiger partial charge in [0.2, 0.25) is 0 Å². The van der Waals surface area contributed by atoms with Crippen molar-refractivity contribution in [2.24, 2.45) is 5.92 Å². The average Bonchev–Trinajstić information content (AvgIpc) is 2.90. The monoisotopic (exact) mass is 302 g/mol. The number of ketones is 1. The van der Waals surface area contributed by atoms with Crippen LogP contribution in [0.4, 0.5) is 0 Å². The Kier molecular flexibility index (Phi) is 5.20. The Labute approximate surface area is 122 Å². The van der Waals surface area contributed by atoms with Gasteiger partial charge in [-0.25, -0.2) is 0 Å². The van der Waals surface area contributed by atoms with Gasteiger partial charge in [0, 0.05) is 38.0 Å². The predicted octanol–water partition coefficient (Wildman–Crippen LogP) is 1.80. The zero-order valence-corrected chi connectivity index (χ0v) is 13.4. The largest absolute Gasteiger partial charge is 0.299 e. The fraction of sp³-hybridized carbons (Fsp3) is 0.929. The Bertz CT molecular complexity index is 445. The Morgan fingerprint density at radius 2 is 1.85 bits per heavy atom. The molecular weight excluding hydrogens is 276 g/mol. The van der Waals surface area contributed by atoms with E-state index in [-0.39, 0.29) is 17.7 Å². The summed E-state index contributed by atoms with van der Waals surface area (Å²) in [6.07, 6.45) is 5.19. The van der Waals surface area contributed by atoms with Gasteiger partial charge in [-0.2, -0.15) is 17.0 Å². The molecule has 6 heteroatoms. The average molecular weight is 302 g/mol. The fourth-order valence-electron chi connectivity index (χ4n) is 3.57. The van der Waals surface area contributed by atoms with Crippen molar-refractivity contribution in [3.8, 4) is 0 Å². The lowest BCUT2D eigenvalue weighted by Crippen LogP contribution is -2.49. The molecule has 0 radical (unpaired) electrons. The highest BCUT2D eigenvalue weighted by Crippen LogP contribution is 2.34. The molecule has 1 saturated heterocycles. The lowest BCUT2D eigenvalue weighted by atomic mass is 9.82. The van der Waals surface area contributed by atoms with Gasteiger partial charge in [-0.05, 0) is 25.7 Å². The maximum absolute atomic E-state index is 12.7. The molecule has 0 aromatic rings. The zero-order chi connectivity index (χ0) is 14.8. The van der Waals surface area contributed by atoms with Crippen LogP contribution in [0, 0.1) is 5.92 Å². The molecule has 5 nitrogen and oxygen atoms in total. The first kappa shape index (κ1) is 15.9. The molecular formula is C14H26N2O3S. The van der Waals surface area contributed by atoms with Gasteiger partial charge < -0.3 is 0 Å². The summed E-state index contributed by atoms with van der Waals surface area (Å²) in [4.78, 5) is 12.1. The van der Waals surface area contributed by atoms with Crippen molar-refractivity contribution in [3.05, 3.63) is 0 Å². The van der Waals surface area contributed by atoms with Crippen LogP contribution in [-0.2, 0) is 15.0 Å². The van der Waals surface area contributed by atoms with Crippen LogP contribution in [0.2, 0.25) is 0 Å². The van der Waals surface area contributed by atoms with Crippen molar-refractivity contribution < 1.29 is 13.2 Å². The van der Waals surface area contributed by atoms with E-state index in [1.165, 1.54) is 4.31 Å². The molecule has 0 spiro atoms. The highest BCUT2D eigenvalue weighted by Gasteiger charge is 2.43. The van der Waals surface area contributed by atoms with Crippen molar-refractivity contribution in [2.45, 2.75) is 58.4 Å². The molecule has 0 bridgehead atoms. The number of hydrogen-bond acceptors (Lipinski definition) is 3. The van der Waals surface area contributed by atoms with E-state index >= 15 is 0 Å². The molecule has 2 fully saturated rings. The normalized spacial score (nSPS) is 29.2. The summed E-state index contributed by atoms with van der Waals surface area (Å²) >= 11 is 0. The minimum Gasteiger partial charge on any atom is -0.299 e. The molecule has 1 aliphatic carbocycles. The van der Waals surface area contributed by atoms with Crippen LogP contribution < -0.4 is 0 Å². The van der Waals surface area contributed by atoms with E-state index in [2.05, 4.69) is 0 Å². The third-order valence-electron chi connectivity index (χ3n) is 4.64. The number of rotatable bonds is 5. The van der Waals surface area contributed by atoms with E-state index in [4.69, 9.17) is 0 Å². The Balaban J connectivity index is 2.20. The van der Waals surface area contributed by atoms with Gasteiger partial charge in [0.1, 0.15) is 5.78 Å². The molecule has 0 N–H and O–H groups in total. The van der Waals surface area contributed by atoms with Crippen molar-refractivity contribution in [1.29, 1.82) is 0 Å². The summed E-state index contributed by atoms with van der Waals surface area (Å²) in [6, 6.07) is -0.103. The maximum Gasteiger partial charge on any atom is 0.282 e. The fourth-order valence-corrected chi connectivity index (χ4v) is 5.47. The third kappa shape index (κ3) is 2.92. The Morgan fingerprint density at radius 1 is 1.15 bits per heavy atom. The second-order valence-electron chi connectivity index (χ2n) is 5.73.